The predicted octanol–water partition coefficient (Wildman–Crippen LogP) is 3.23. The summed E-state index contributed by atoms with van der Waals surface area (Å²) in [6, 6.07) is 10.5. The molecule has 26 heavy (non-hydrogen) atoms. The summed E-state index contributed by atoms with van der Waals surface area (Å²) in [5.74, 6) is 1.50. The largest absolute Gasteiger partial charge is 0.495 e. The first-order chi connectivity index (χ1) is 12.4. The van der Waals surface area contributed by atoms with Crippen LogP contribution in [0.3, 0.4) is 0 Å². The minimum Gasteiger partial charge on any atom is -0.495 e. The smallest absolute Gasteiger partial charge is 0.247 e. The van der Waals surface area contributed by atoms with Crippen molar-refractivity contribution >= 4 is 10.0 Å². The summed E-state index contributed by atoms with van der Waals surface area (Å²) >= 11 is 0. The molecule has 0 unspecified atom stereocenters. The molecule has 2 rings (SSSR count). The highest BCUT2D eigenvalue weighted by atomic mass is 32.2. The Morgan fingerprint density at radius 2 is 1.50 bits per heavy atom. The minimum absolute atomic E-state index is 0.169. The van der Waals surface area contributed by atoms with Gasteiger partial charge in [0.25, 0.3) is 0 Å². The first-order valence-corrected chi connectivity index (χ1v) is 9.67. The zero-order valence-corrected chi connectivity index (χ0v) is 16.6. The minimum atomic E-state index is -3.71. The van der Waals surface area contributed by atoms with Crippen molar-refractivity contribution in [1.82, 2.24) is 4.31 Å². The van der Waals surface area contributed by atoms with Crippen molar-refractivity contribution in [3.05, 3.63) is 47.5 Å². The Hall–Kier alpha value is -2.25. The van der Waals surface area contributed by atoms with Crippen LogP contribution >= 0.6 is 0 Å². The van der Waals surface area contributed by atoms with Gasteiger partial charge in [-0.3, -0.25) is 0 Å². The molecular weight excluding hydrogens is 354 g/mol. The van der Waals surface area contributed by atoms with Gasteiger partial charge in [0.1, 0.15) is 10.6 Å². The Balaban J connectivity index is 2.40. The molecule has 0 N–H and O–H groups in total. The fourth-order valence-electron chi connectivity index (χ4n) is 2.67. The van der Waals surface area contributed by atoms with Crippen LogP contribution in [-0.2, 0) is 16.6 Å². The zero-order valence-electron chi connectivity index (χ0n) is 15.8. The lowest BCUT2D eigenvalue weighted by atomic mass is 10.2. The second-order valence-corrected chi connectivity index (χ2v) is 7.68. The number of hydrogen-bond donors (Lipinski definition) is 0. The lowest BCUT2D eigenvalue weighted by Gasteiger charge is -2.22. The van der Waals surface area contributed by atoms with E-state index in [-0.39, 0.29) is 11.4 Å². The van der Waals surface area contributed by atoms with E-state index in [0.29, 0.717) is 23.8 Å². The van der Waals surface area contributed by atoms with Crippen LogP contribution < -0.4 is 14.2 Å². The summed E-state index contributed by atoms with van der Waals surface area (Å²) in [7, 11) is 0.862. The summed E-state index contributed by atoms with van der Waals surface area (Å²) in [4.78, 5) is 0.169. The van der Waals surface area contributed by atoms with Gasteiger partial charge in [-0.15, -0.1) is 0 Å². The van der Waals surface area contributed by atoms with Crippen LogP contribution in [0.1, 0.15) is 18.1 Å². The quantitative estimate of drug-likeness (QED) is 0.705. The molecule has 0 saturated heterocycles. The number of hydrogen-bond acceptors (Lipinski definition) is 5. The molecule has 0 heterocycles. The van der Waals surface area contributed by atoms with E-state index in [2.05, 4.69) is 0 Å². The molecule has 7 heteroatoms. The molecule has 0 aromatic heterocycles. The summed E-state index contributed by atoms with van der Waals surface area (Å²) in [5, 5.41) is 0. The van der Waals surface area contributed by atoms with Crippen LogP contribution in [0.4, 0.5) is 0 Å². The van der Waals surface area contributed by atoms with Crippen LogP contribution in [0.25, 0.3) is 0 Å². The van der Waals surface area contributed by atoms with Crippen LogP contribution in [0.2, 0.25) is 0 Å². The fraction of sp³-hybridized carbons (Fsp3) is 0.368. The average Bonchev–Trinajstić information content (AvgIpc) is 2.65. The fourth-order valence-corrected chi connectivity index (χ4v) is 4.35. The van der Waals surface area contributed by atoms with Gasteiger partial charge < -0.3 is 14.2 Å². The number of rotatable bonds is 8. The molecule has 0 atom stereocenters. The van der Waals surface area contributed by atoms with Crippen molar-refractivity contribution in [2.75, 3.05) is 27.9 Å². The maximum atomic E-state index is 13.2. The van der Waals surface area contributed by atoms with Crippen molar-refractivity contribution in [1.29, 1.82) is 0 Å². The number of benzene rings is 2. The highest BCUT2D eigenvalue weighted by molar-refractivity contribution is 7.89. The number of nitrogens with zero attached hydrogens (tertiary/aromatic N) is 1. The van der Waals surface area contributed by atoms with Gasteiger partial charge in [-0.05, 0) is 42.3 Å². The van der Waals surface area contributed by atoms with Crippen molar-refractivity contribution in [3.8, 4) is 17.2 Å². The van der Waals surface area contributed by atoms with E-state index in [4.69, 9.17) is 14.2 Å². The van der Waals surface area contributed by atoms with E-state index >= 15 is 0 Å². The molecule has 2 aromatic carbocycles. The normalized spacial score (nSPS) is 11.5. The summed E-state index contributed by atoms with van der Waals surface area (Å²) < 4.78 is 43.5. The van der Waals surface area contributed by atoms with Crippen LogP contribution in [0.15, 0.2) is 41.3 Å². The van der Waals surface area contributed by atoms with E-state index in [9.17, 15) is 8.42 Å². The van der Waals surface area contributed by atoms with Crippen molar-refractivity contribution in [2.24, 2.45) is 0 Å². The molecule has 0 fully saturated rings. The van der Waals surface area contributed by atoms with Gasteiger partial charge in [-0.1, -0.05) is 19.1 Å². The molecule has 0 bridgehead atoms. The van der Waals surface area contributed by atoms with Gasteiger partial charge in [0, 0.05) is 13.1 Å². The Bertz CT molecular complexity index is 864. The van der Waals surface area contributed by atoms with Gasteiger partial charge in [0.2, 0.25) is 10.0 Å². The van der Waals surface area contributed by atoms with Crippen LogP contribution in [-0.4, -0.2) is 40.6 Å². The number of methoxy groups -OCH3 is 3. The van der Waals surface area contributed by atoms with E-state index in [1.54, 1.807) is 45.4 Å². The Labute approximate surface area is 155 Å². The molecule has 142 valence electrons. The van der Waals surface area contributed by atoms with Crippen molar-refractivity contribution in [2.45, 2.75) is 25.3 Å². The van der Waals surface area contributed by atoms with Gasteiger partial charge in [-0.2, -0.15) is 4.31 Å². The Kier molecular flexibility index (Phi) is 6.50. The second kappa shape index (κ2) is 8.42. The molecule has 0 radical (unpaired) electrons. The molecule has 0 spiro atoms. The van der Waals surface area contributed by atoms with Crippen molar-refractivity contribution in [3.63, 3.8) is 0 Å². The van der Waals surface area contributed by atoms with E-state index in [0.717, 1.165) is 11.1 Å². The average molecular weight is 379 g/mol. The molecule has 0 aliphatic rings. The van der Waals surface area contributed by atoms with Gasteiger partial charge in [0.15, 0.2) is 11.5 Å². The third-order valence-electron chi connectivity index (χ3n) is 4.10. The summed E-state index contributed by atoms with van der Waals surface area (Å²) in [6.07, 6.45) is 0. The second-order valence-electron chi connectivity index (χ2n) is 5.77. The van der Waals surface area contributed by atoms with E-state index < -0.39 is 10.0 Å². The zero-order chi connectivity index (χ0) is 19.3. The van der Waals surface area contributed by atoms with Crippen LogP contribution in [0, 0.1) is 6.92 Å². The number of ether oxygens (including phenoxy) is 3. The highest BCUT2D eigenvalue weighted by Gasteiger charge is 2.27. The number of aryl methyl sites for hydroxylation is 1. The Morgan fingerprint density at radius 3 is 2.08 bits per heavy atom. The summed E-state index contributed by atoms with van der Waals surface area (Å²) in [5.41, 5.74) is 1.66. The first kappa shape index (κ1) is 20.1. The molecular formula is C19H25NO5S. The lowest BCUT2D eigenvalue weighted by Crippen LogP contribution is -2.30. The molecule has 0 saturated carbocycles. The van der Waals surface area contributed by atoms with Gasteiger partial charge >= 0.3 is 0 Å². The Morgan fingerprint density at radius 1 is 0.885 bits per heavy atom. The monoisotopic (exact) mass is 379 g/mol. The van der Waals surface area contributed by atoms with Gasteiger partial charge in [-0.25, -0.2) is 8.42 Å². The number of sulfonamides is 1. The van der Waals surface area contributed by atoms with Crippen LogP contribution in [0.5, 0.6) is 17.2 Å². The predicted molar refractivity (Wildman–Crippen MR) is 101 cm³/mol. The standard InChI is InChI=1S/C19H25NO5S/c1-6-20(13-15-8-10-16(23-3)18(12-15)25-5)26(21,22)19-11-14(2)7-9-17(19)24-4/h7-12H,6,13H2,1-5H3. The van der Waals surface area contributed by atoms with E-state index in [1.165, 1.54) is 11.4 Å². The third-order valence-corrected chi connectivity index (χ3v) is 6.04. The maximum absolute atomic E-state index is 13.2. The maximum Gasteiger partial charge on any atom is 0.247 e. The molecule has 0 aliphatic carbocycles. The molecule has 2 aromatic rings. The lowest BCUT2D eigenvalue weighted by molar-refractivity contribution is 0.353. The summed E-state index contributed by atoms with van der Waals surface area (Å²) in [6.45, 7) is 4.20. The first-order valence-electron chi connectivity index (χ1n) is 8.23. The molecule has 0 amide bonds. The van der Waals surface area contributed by atoms with E-state index in [1.807, 2.05) is 19.1 Å². The SMILES string of the molecule is CCN(Cc1ccc(OC)c(OC)c1)S(=O)(=O)c1cc(C)ccc1OC. The third kappa shape index (κ3) is 4.11. The topological polar surface area (TPSA) is 65.1 Å². The highest BCUT2D eigenvalue weighted by Crippen LogP contribution is 2.31. The molecule has 0 aliphatic heterocycles. The van der Waals surface area contributed by atoms with Crippen molar-refractivity contribution < 1.29 is 22.6 Å². The molecule has 6 nitrogen and oxygen atoms in total. The van der Waals surface area contributed by atoms with Gasteiger partial charge in [0.05, 0.1) is 21.3 Å².